The van der Waals surface area contributed by atoms with Gasteiger partial charge in [-0.1, -0.05) is 0 Å². The molecule has 0 aliphatic carbocycles. The highest BCUT2D eigenvalue weighted by Gasteiger charge is 2.15. The molecule has 1 fully saturated rings. The lowest BCUT2D eigenvalue weighted by Crippen LogP contribution is -2.35. The first-order valence-electron chi connectivity index (χ1n) is 6.25. The molecule has 0 unspecified atom stereocenters. The van der Waals surface area contributed by atoms with Gasteiger partial charge in [-0.25, -0.2) is 19.5 Å². The lowest BCUT2D eigenvalue weighted by atomic mass is 10.2. The van der Waals surface area contributed by atoms with Crippen molar-refractivity contribution in [3.8, 4) is 0 Å². The monoisotopic (exact) mass is 268 g/mol. The van der Waals surface area contributed by atoms with Crippen LogP contribution in [0.3, 0.4) is 0 Å². The third-order valence-electron chi connectivity index (χ3n) is 2.72. The highest BCUT2D eigenvalue weighted by molar-refractivity contribution is 5.88. The van der Waals surface area contributed by atoms with Crippen LogP contribution in [-0.2, 0) is 9.57 Å². The molecule has 5 nitrogen and oxygen atoms in total. The molecular weight excluding hydrogens is 251 g/mol. The zero-order valence-electron chi connectivity index (χ0n) is 10.7. The molecular formula is C13H17FN2O3. The first-order chi connectivity index (χ1) is 9.13. The third-order valence-corrected chi connectivity index (χ3v) is 2.72. The number of halogens is 1. The van der Waals surface area contributed by atoms with Crippen molar-refractivity contribution in [3.05, 3.63) is 29.6 Å². The van der Waals surface area contributed by atoms with Gasteiger partial charge < -0.3 is 10.1 Å². The number of hydroxylamine groups is 1. The van der Waals surface area contributed by atoms with Crippen LogP contribution in [0.4, 0.5) is 14.9 Å². The van der Waals surface area contributed by atoms with E-state index in [4.69, 9.17) is 9.57 Å². The molecule has 1 atom stereocenters. The fourth-order valence-corrected chi connectivity index (χ4v) is 1.89. The molecule has 2 N–H and O–H groups in total. The topological polar surface area (TPSA) is 59.6 Å². The Morgan fingerprint density at radius 1 is 1.42 bits per heavy atom. The van der Waals surface area contributed by atoms with E-state index in [1.807, 2.05) is 0 Å². The Kier molecular flexibility index (Phi) is 4.70. The number of carbonyl (C=O) groups excluding carboxylic acids is 1. The number of benzene rings is 1. The van der Waals surface area contributed by atoms with Crippen LogP contribution in [0.25, 0.3) is 0 Å². The average Bonchev–Trinajstić information content (AvgIpc) is 2.36. The van der Waals surface area contributed by atoms with Crippen LogP contribution in [-0.4, -0.2) is 18.9 Å². The number of anilines is 1. The Hall–Kier alpha value is -1.66. The van der Waals surface area contributed by atoms with Gasteiger partial charge in [-0.3, -0.25) is 0 Å². The van der Waals surface area contributed by atoms with Crippen molar-refractivity contribution in [3.63, 3.8) is 0 Å². The Labute approximate surface area is 111 Å². The number of ether oxygens (including phenoxy) is 1. The van der Waals surface area contributed by atoms with E-state index in [2.05, 4.69) is 10.8 Å². The Bertz CT molecular complexity index is 427. The minimum absolute atomic E-state index is 0.378. The van der Waals surface area contributed by atoms with Crippen LogP contribution in [0, 0.1) is 12.7 Å². The van der Waals surface area contributed by atoms with Crippen LogP contribution in [0.15, 0.2) is 18.2 Å². The molecule has 2 amide bonds. The molecule has 1 aromatic carbocycles. The number of aryl methyl sites for hydroxylation is 1. The van der Waals surface area contributed by atoms with Crippen LogP contribution < -0.4 is 10.8 Å². The van der Waals surface area contributed by atoms with E-state index in [9.17, 15) is 9.18 Å². The summed E-state index contributed by atoms with van der Waals surface area (Å²) in [5, 5.41) is 2.49. The van der Waals surface area contributed by atoms with Gasteiger partial charge in [-0.2, -0.15) is 0 Å². The molecule has 0 aromatic heterocycles. The molecule has 1 aliphatic rings. The minimum atomic E-state index is -0.556. The second-order valence-electron chi connectivity index (χ2n) is 4.49. The predicted molar refractivity (Wildman–Crippen MR) is 68.0 cm³/mol. The largest absolute Gasteiger partial charge is 0.350 e. The third kappa shape index (κ3) is 4.50. The van der Waals surface area contributed by atoms with Crippen molar-refractivity contribution >= 4 is 11.7 Å². The summed E-state index contributed by atoms with van der Waals surface area (Å²) in [5.41, 5.74) is 3.35. The molecule has 19 heavy (non-hydrogen) atoms. The number of urea groups is 1. The van der Waals surface area contributed by atoms with Crippen molar-refractivity contribution in [2.75, 3.05) is 11.9 Å². The lowest BCUT2D eigenvalue weighted by Gasteiger charge is -2.22. The number of rotatable bonds is 3. The van der Waals surface area contributed by atoms with Gasteiger partial charge in [-0.15, -0.1) is 0 Å². The molecule has 1 aromatic rings. The summed E-state index contributed by atoms with van der Waals surface area (Å²) < 4.78 is 18.4. The maximum absolute atomic E-state index is 13.1. The van der Waals surface area contributed by atoms with Crippen molar-refractivity contribution in [1.82, 2.24) is 5.48 Å². The lowest BCUT2D eigenvalue weighted by molar-refractivity contribution is -0.185. The van der Waals surface area contributed by atoms with E-state index >= 15 is 0 Å². The van der Waals surface area contributed by atoms with E-state index in [1.165, 1.54) is 12.1 Å². The summed E-state index contributed by atoms with van der Waals surface area (Å²) in [4.78, 5) is 16.7. The quantitative estimate of drug-likeness (QED) is 0.829. The number of nitrogens with one attached hydrogen (secondary N) is 2. The van der Waals surface area contributed by atoms with E-state index in [-0.39, 0.29) is 0 Å². The van der Waals surface area contributed by atoms with Gasteiger partial charge >= 0.3 is 6.03 Å². The van der Waals surface area contributed by atoms with Crippen molar-refractivity contribution in [1.29, 1.82) is 0 Å². The summed E-state index contributed by atoms with van der Waals surface area (Å²) >= 11 is 0. The van der Waals surface area contributed by atoms with Gasteiger partial charge in [0.25, 0.3) is 0 Å². The smallest absolute Gasteiger partial charge is 0.343 e. The number of hydrogen-bond acceptors (Lipinski definition) is 3. The maximum Gasteiger partial charge on any atom is 0.343 e. The molecule has 6 heteroatoms. The summed E-state index contributed by atoms with van der Waals surface area (Å²) in [6.07, 6.45) is 2.36. The van der Waals surface area contributed by atoms with Crippen LogP contribution in [0.2, 0.25) is 0 Å². The molecule has 0 saturated carbocycles. The van der Waals surface area contributed by atoms with Gasteiger partial charge in [0.05, 0.1) is 0 Å². The molecule has 2 rings (SSSR count). The summed E-state index contributed by atoms with van der Waals surface area (Å²) in [7, 11) is 0. The summed E-state index contributed by atoms with van der Waals surface area (Å²) in [5.74, 6) is -0.396. The van der Waals surface area contributed by atoms with Gasteiger partial charge in [0.1, 0.15) is 5.82 Å². The summed E-state index contributed by atoms with van der Waals surface area (Å²) in [6, 6.07) is 3.73. The SMILES string of the molecule is Cc1cc(F)cc(NC(=O)NO[C@H]2CCCCO2)c1. The Morgan fingerprint density at radius 3 is 2.95 bits per heavy atom. The van der Waals surface area contributed by atoms with E-state index in [1.54, 1.807) is 13.0 Å². The molecule has 104 valence electrons. The van der Waals surface area contributed by atoms with Gasteiger partial charge in [-0.05, 0) is 43.5 Å². The van der Waals surface area contributed by atoms with Gasteiger partial charge in [0.2, 0.25) is 0 Å². The van der Waals surface area contributed by atoms with E-state index in [0.717, 1.165) is 24.8 Å². The van der Waals surface area contributed by atoms with E-state index < -0.39 is 18.1 Å². The molecule has 0 bridgehead atoms. The Morgan fingerprint density at radius 2 is 2.26 bits per heavy atom. The van der Waals surface area contributed by atoms with Crippen LogP contribution in [0.5, 0.6) is 0 Å². The first kappa shape index (κ1) is 13.8. The number of amides is 2. The highest BCUT2D eigenvalue weighted by atomic mass is 19.1. The second kappa shape index (κ2) is 6.49. The average molecular weight is 268 g/mol. The van der Waals surface area contributed by atoms with Crippen LogP contribution >= 0.6 is 0 Å². The fraction of sp³-hybridized carbons (Fsp3) is 0.462. The van der Waals surface area contributed by atoms with Crippen molar-refractivity contribution < 1.29 is 18.8 Å². The normalized spacial score (nSPS) is 18.9. The maximum atomic E-state index is 13.1. The zero-order valence-corrected chi connectivity index (χ0v) is 10.7. The summed E-state index contributed by atoms with van der Waals surface area (Å²) in [6.45, 7) is 2.38. The molecule has 0 spiro atoms. The zero-order chi connectivity index (χ0) is 13.7. The van der Waals surface area contributed by atoms with Gasteiger partial charge in [0, 0.05) is 18.7 Å². The fourth-order valence-electron chi connectivity index (χ4n) is 1.89. The first-order valence-corrected chi connectivity index (χ1v) is 6.25. The highest BCUT2D eigenvalue weighted by Crippen LogP contribution is 2.14. The number of carbonyl (C=O) groups is 1. The van der Waals surface area contributed by atoms with Crippen molar-refractivity contribution in [2.24, 2.45) is 0 Å². The van der Waals surface area contributed by atoms with Gasteiger partial charge in [0.15, 0.2) is 6.29 Å². The second-order valence-corrected chi connectivity index (χ2v) is 4.49. The standard InChI is InChI=1S/C13H17FN2O3/c1-9-6-10(14)8-11(7-9)15-13(17)16-19-12-4-2-3-5-18-12/h6-8,12H,2-5H2,1H3,(H2,15,16,17)/t12-/m0/s1. The van der Waals surface area contributed by atoms with E-state index in [0.29, 0.717) is 12.3 Å². The molecule has 1 saturated heterocycles. The molecule has 1 aliphatic heterocycles. The minimum Gasteiger partial charge on any atom is -0.350 e. The molecule has 0 radical (unpaired) electrons. The Balaban J connectivity index is 1.80. The van der Waals surface area contributed by atoms with Crippen LogP contribution in [0.1, 0.15) is 24.8 Å². The van der Waals surface area contributed by atoms with Crippen molar-refractivity contribution in [2.45, 2.75) is 32.5 Å². The number of hydrogen-bond donors (Lipinski definition) is 2. The predicted octanol–water partition coefficient (Wildman–Crippen LogP) is 2.71. The molecule has 1 heterocycles.